The Balaban J connectivity index is 1.89. The first-order valence-corrected chi connectivity index (χ1v) is 11.5. The molecule has 1 amide bonds. The molecule has 0 radical (unpaired) electrons. The molecule has 2 N–H and O–H groups in total. The normalized spacial score (nSPS) is 15.7. The number of aromatic nitrogens is 1. The van der Waals surface area contributed by atoms with E-state index in [9.17, 15) is 14.9 Å². The molecule has 31 heavy (non-hydrogen) atoms. The molecule has 0 bridgehead atoms. The summed E-state index contributed by atoms with van der Waals surface area (Å²) in [5.41, 5.74) is 7.21. The molecule has 1 aromatic carbocycles. The van der Waals surface area contributed by atoms with Crippen LogP contribution < -0.4 is 25.4 Å². The lowest BCUT2D eigenvalue weighted by atomic mass is 10.1. The maximum Gasteiger partial charge on any atom is 0.270 e. The molecule has 2 heterocycles. The summed E-state index contributed by atoms with van der Waals surface area (Å²) in [6.07, 6.45) is 5.43. The van der Waals surface area contributed by atoms with Crippen LogP contribution in [0.25, 0.3) is 11.8 Å². The van der Waals surface area contributed by atoms with Crippen molar-refractivity contribution < 1.29 is 4.79 Å². The number of likely N-dealkylation sites (tertiary alicyclic amines) is 1. The topological polar surface area (TPSA) is 95.4 Å². The second kappa shape index (κ2) is 10.4. The van der Waals surface area contributed by atoms with E-state index in [1.54, 1.807) is 13.1 Å². The molecule has 1 aromatic heterocycles. The van der Waals surface area contributed by atoms with Gasteiger partial charge in [0, 0.05) is 31.5 Å². The molecule has 0 aliphatic carbocycles. The molecule has 2 aromatic rings. The number of rotatable bonds is 8. The highest BCUT2D eigenvalue weighted by atomic mass is 32.1. The third-order valence-corrected chi connectivity index (χ3v) is 6.71. The highest BCUT2D eigenvalue weighted by molar-refractivity contribution is 7.07. The van der Waals surface area contributed by atoms with Crippen LogP contribution in [0.4, 0.5) is 5.69 Å². The van der Waals surface area contributed by atoms with Gasteiger partial charge in [-0.3, -0.25) is 14.2 Å². The Labute approximate surface area is 186 Å². The standard InChI is InChI=1S/C23H29N5O2S/c1-3-27(18-9-7-17(8-10-18)11-14-26-12-5-6-13-26)16-20-22(30)28(4-2)23(31-20)19(15-24)21(25)29/h7-10,16H,3-6,11-14H2,1-2H3,(H2,25,29)/b20-16-,23-19-. The number of anilines is 1. The van der Waals surface area contributed by atoms with Crippen LogP contribution in [0.2, 0.25) is 0 Å². The minimum atomic E-state index is -0.825. The maximum absolute atomic E-state index is 12.8. The van der Waals surface area contributed by atoms with Crippen molar-refractivity contribution >= 4 is 34.7 Å². The van der Waals surface area contributed by atoms with Gasteiger partial charge in [0.15, 0.2) is 5.57 Å². The fourth-order valence-electron chi connectivity index (χ4n) is 3.83. The summed E-state index contributed by atoms with van der Waals surface area (Å²) in [5.74, 6) is -0.825. The van der Waals surface area contributed by atoms with Gasteiger partial charge in [-0.1, -0.05) is 12.1 Å². The van der Waals surface area contributed by atoms with E-state index in [4.69, 9.17) is 5.73 Å². The number of benzene rings is 1. The largest absolute Gasteiger partial charge is 0.365 e. The smallest absolute Gasteiger partial charge is 0.270 e. The lowest BCUT2D eigenvalue weighted by molar-refractivity contribution is -0.112. The van der Waals surface area contributed by atoms with Crippen LogP contribution in [-0.4, -0.2) is 41.6 Å². The zero-order valence-corrected chi connectivity index (χ0v) is 19.0. The van der Waals surface area contributed by atoms with Crippen molar-refractivity contribution in [3.05, 3.63) is 49.4 Å². The average Bonchev–Trinajstić information content (AvgIpc) is 3.39. The van der Waals surface area contributed by atoms with E-state index in [1.165, 1.54) is 36.1 Å². The molecule has 0 saturated carbocycles. The van der Waals surface area contributed by atoms with E-state index < -0.39 is 5.91 Å². The van der Waals surface area contributed by atoms with E-state index in [0.29, 0.717) is 22.3 Å². The van der Waals surface area contributed by atoms with Gasteiger partial charge in [0.2, 0.25) is 0 Å². The summed E-state index contributed by atoms with van der Waals surface area (Å²) >= 11 is 1.12. The first-order chi connectivity index (χ1) is 15.0. The highest BCUT2D eigenvalue weighted by Gasteiger charge is 2.14. The molecule has 0 atom stereocenters. The number of primary amides is 1. The van der Waals surface area contributed by atoms with E-state index in [-0.39, 0.29) is 11.1 Å². The van der Waals surface area contributed by atoms with Crippen molar-refractivity contribution in [1.82, 2.24) is 9.47 Å². The fourth-order valence-corrected chi connectivity index (χ4v) is 4.98. The highest BCUT2D eigenvalue weighted by Crippen LogP contribution is 2.17. The third-order valence-electron chi connectivity index (χ3n) is 5.59. The molecule has 3 rings (SSSR count). The van der Waals surface area contributed by atoms with Crippen LogP contribution in [0, 0.1) is 11.3 Å². The van der Waals surface area contributed by atoms with Crippen LogP contribution >= 0.6 is 11.3 Å². The Bertz CT molecular complexity index is 1130. The van der Waals surface area contributed by atoms with Gasteiger partial charge in [0.05, 0.1) is 0 Å². The molecule has 1 aliphatic heterocycles. The van der Waals surface area contributed by atoms with Crippen molar-refractivity contribution in [3.8, 4) is 6.07 Å². The van der Waals surface area contributed by atoms with Crippen LogP contribution in [0.1, 0.15) is 32.3 Å². The number of nitriles is 1. The number of hydrogen-bond acceptors (Lipinski definition) is 6. The van der Waals surface area contributed by atoms with Gasteiger partial charge < -0.3 is 15.5 Å². The molecule has 1 fully saturated rings. The van der Waals surface area contributed by atoms with Crippen LogP contribution in [-0.2, 0) is 17.8 Å². The van der Waals surface area contributed by atoms with E-state index >= 15 is 0 Å². The first kappa shape index (κ1) is 22.8. The number of hydrogen-bond donors (Lipinski definition) is 1. The minimum absolute atomic E-state index is 0.186. The van der Waals surface area contributed by atoms with Gasteiger partial charge in [-0.25, -0.2) is 0 Å². The first-order valence-electron chi connectivity index (χ1n) is 10.7. The number of thiazole rings is 1. The fraction of sp³-hybridized carbons (Fsp3) is 0.435. The second-order valence-corrected chi connectivity index (χ2v) is 8.58. The molecule has 8 heteroatoms. The van der Waals surface area contributed by atoms with E-state index in [2.05, 4.69) is 29.2 Å². The Kier molecular flexibility index (Phi) is 7.66. The van der Waals surface area contributed by atoms with E-state index in [0.717, 1.165) is 30.0 Å². The summed E-state index contributed by atoms with van der Waals surface area (Å²) in [6.45, 7) is 8.35. The van der Waals surface area contributed by atoms with Crippen molar-refractivity contribution in [2.45, 2.75) is 39.7 Å². The Morgan fingerprint density at radius 1 is 1.26 bits per heavy atom. The van der Waals surface area contributed by atoms with Gasteiger partial charge >= 0.3 is 0 Å². The van der Waals surface area contributed by atoms with Gasteiger partial charge in [0.25, 0.3) is 11.5 Å². The predicted molar refractivity (Wildman–Crippen MR) is 125 cm³/mol. The predicted octanol–water partition coefficient (Wildman–Crippen LogP) is 0.992. The zero-order valence-electron chi connectivity index (χ0n) is 18.1. The number of amides is 1. The third kappa shape index (κ3) is 5.24. The summed E-state index contributed by atoms with van der Waals surface area (Å²) in [7, 11) is 0. The Morgan fingerprint density at radius 2 is 1.94 bits per heavy atom. The lowest BCUT2D eigenvalue weighted by Gasteiger charge is -2.19. The Hall–Kier alpha value is -2.89. The zero-order chi connectivity index (χ0) is 22.4. The monoisotopic (exact) mass is 439 g/mol. The maximum atomic E-state index is 12.8. The van der Waals surface area contributed by atoms with Crippen molar-refractivity contribution in [1.29, 1.82) is 5.26 Å². The number of carbonyl (C=O) groups excluding carboxylic acids is 1. The lowest BCUT2D eigenvalue weighted by Crippen LogP contribution is -2.34. The van der Waals surface area contributed by atoms with Gasteiger partial charge in [0.1, 0.15) is 15.3 Å². The van der Waals surface area contributed by atoms with Crippen molar-refractivity contribution in [2.75, 3.05) is 31.1 Å². The molecule has 164 valence electrons. The SMILES string of the molecule is CCN(/C=c1\s/c(=C(/C#N)C(N)=O)n(CC)c1=O)c1ccc(CCN2CCCC2)cc1. The molecule has 1 saturated heterocycles. The second-order valence-electron chi connectivity index (χ2n) is 7.55. The van der Waals surface area contributed by atoms with Gasteiger partial charge in [-0.2, -0.15) is 5.26 Å². The average molecular weight is 440 g/mol. The summed E-state index contributed by atoms with van der Waals surface area (Å²) in [6, 6.07) is 10.3. The van der Waals surface area contributed by atoms with Gasteiger partial charge in [-0.15, -0.1) is 11.3 Å². The van der Waals surface area contributed by atoms with Crippen LogP contribution in [0.15, 0.2) is 29.1 Å². The van der Waals surface area contributed by atoms with Crippen molar-refractivity contribution in [3.63, 3.8) is 0 Å². The molecule has 7 nitrogen and oxygen atoms in total. The van der Waals surface area contributed by atoms with Gasteiger partial charge in [-0.05, 0) is 63.9 Å². The quantitative estimate of drug-likeness (QED) is 0.662. The van der Waals surface area contributed by atoms with Crippen molar-refractivity contribution in [2.24, 2.45) is 5.73 Å². The molecule has 0 spiro atoms. The van der Waals surface area contributed by atoms with E-state index in [1.807, 2.05) is 17.9 Å². The molecular weight excluding hydrogens is 410 g/mol. The number of carbonyl (C=O) groups is 1. The number of nitrogens with two attached hydrogens (primary N) is 1. The molecule has 1 aliphatic rings. The van der Waals surface area contributed by atoms with Crippen LogP contribution in [0.3, 0.4) is 0 Å². The number of nitrogens with zero attached hydrogens (tertiary/aromatic N) is 4. The minimum Gasteiger partial charge on any atom is -0.365 e. The summed E-state index contributed by atoms with van der Waals surface area (Å²) in [5, 5.41) is 9.29. The summed E-state index contributed by atoms with van der Waals surface area (Å²) in [4.78, 5) is 29.0. The Morgan fingerprint density at radius 3 is 2.48 bits per heavy atom. The molecular formula is C23H29N5O2S. The summed E-state index contributed by atoms with van der Waals surface area (Å²) < 4.78 is 2.20. The van der Waals surface area contributed by atoms with Crippen LogP contribution in [0.5, 0.6) is 0 Å². The molecule has 0 unspecified atom stereocenters.